The number of aryl methyl sites for hydroxylation is 2. The molecule has 0 aliphatic carbocycles. The molecule has 0 spiro atoms. The van der Waals surface area contributed by atoms with E-state index in [1.165, 1.54) is 11.1 Å². The second-order valence-electron chi connectivity index (χ2n) is 3.58. The minimum Gasteiger partial charge on any atom is -0.249 e. The Morgan fingerprint density at radius 3 is 2.75 bits per heavy atom. The Hall–Kier alpha value is -0.860. The highest BCUT2D eigenvalue weighted by Crippen LogP contribution is 2.17. The van der Waals surface area contributed by atoms with Gasteiger partial charge in [0.05, 0.1) is 0 Å². The van der Waals surface area contributed by atoms with Crippen molar-refractivity contribution < 1.29 is 0 Å². The predicted molar refractivity (Wildman–Crippen MR) is 70.8 cm³/mol. The summed E-state index contributed by atoms with van der Waals surface area (Å²) in [5, 5.41) is 0.794. The van der Waals surface area contributed by atoms with Gasteiger partial charge in [-0.2, -0.15) is 0 Å². The maximum Gasteiger partial charge on any atom is 0.109 e. The maximum atomic E-state index is 5.94. The smallest absolute Gasteiger partial charge is 0.109 e. The molecule has 0 radical (unpaired) electrons. The highest BCUT2D eigenvalue weighted by Gasteiger charge is 2.01. The summed E-state index contributed by atoms with van der Waals surface area (Å²) in [5.74, 6) is 0. The van der Waals surface area contributed by atoms with Crippen molar-refractivity contribution in [1.82, 2.24) is 4.98 Å². The first-order valence-electron chi connectivity index (χ1n) is 5.09. The SMILES string of the molecule is Clc1cccc(CCc2cccnc2Br)c1. The van der Waals surface area contributed by atoms with Crippen LogP contribution in [0.5, 0.6) is 0 Å². The first-order valence-corrected chi connectivity index (χ1v) is 6.26. The Balaban J connectivity index is 2.05. The van der Waals surface area contributed by atoms with Crippen LogP contribution in [0.1, 0.15) is 11.1 Å². The molecule has 2 aromatic rings. The van der Waals surface area contributed by atoms with Crippen LogP contribution in [0.3, 0.4) is 0 Å². The lowest BCUT2D eigenvalue weighted by Crippen LogP contribution is -1.93. The van der Waals surface area contributed by atoms with E-state index in [4.69, 9.17) is 11.6 Å². The molecule has 0 saturated carbocycles. The minimum atomic E-state index is 0.794. The number of nitrogens with zero attached hydrogens (tertiary/aromatic N) is 1. The zero-order chi connectivity index (χ0) is 11.4. The molecule has 0 fully saturated rings. The highest BCUT2D eigenvalue weighted by atomic mass is 79.9. The van der Waals surface area contributed by atoms with Crippen LogP contribution in [0.25, 0.3) is 0 Å². The fraction of sp³-hybridized carbons (Fsp3) is 0.154. The van der Waals surface area contributed by atoms with Gasteiger partial charge in [0.25, 0.3) is 0 Å². The van der Waals surface area contributed by atoms with Crippen LogP contribution in [0.4, 0.5) is 0 Å². The van der Waals surface area contributed by atoms with Crippen molar-refractivity contribution in [1.29, 1.82) is 0 Å². The van der Waals surface area contributed by atoms with Crippen LogP contribution in [-0.2, 0) is 12.8 Å². The molecule has 2 rings (SSSR count). The van der Waals surface area contributed by atoms with Crippen molar-refractivity contribution >= 4 is 27.5 Å². The summed E-state index contributed by atoms with van der Waals surface area (Å²) >= 11 is 9.38. The molecule has 0 unspecified atom stereocenters. The number of hydrogen-bond acceptors (Lipinski definition) is 1. The van der Waals surface area contributed by atoms with Crippen molar-refractivity contribution in [2.45, 2.75) is 12.8 Å². The van der Waals surface area contributed by atoms with E-state index in [1.807, 2.05) is 24.3 Å². The molecule has 1 heterocycles. The molecule has 1 aromatic carbocycles. The molecule has 0 aliphatic rings. The van der Waals surface area contributed by atoms with Gasteiger partial charge in [-0.05, 0) is 58.1 Å². The van der Waals surface area contributed by atoms with E-state index in [0.717, 1.165) is 22.5 Å². The maximum absolute atomic E-state index is 5.94. The van der Waals surface area contributed by atoms with Crippen molar-refractivity contribution in [2.24, 2.45) is 0 Å². The van der Waals surface area contributed by atoms with Crippen molar-refractivity contribution in [3.63, 3.8) is 0 Å². The molecule has 0 atom stereocenters. The molecule has 0 bridgehead atoms. The zero-order valence-electron chi connectivity index (χ0n) is 8.66. The molecule has 0 N–H and O–H groups in total. The van der Waals surface area contributed by atoms with Crippen LogP contribution in [0, 0.1) is 0 Å². The number of benzene rings is 1. The molecular weight excluding hydrogens is 286 g/mol. The normalized spacial score (nSPS) is 10.4. The summed E-state index contributed by atoms with van der Waals surface area (Å²) in [6.07, 6.45) is 3.73. The third kappa shape index (κ3) is 3.06. The average Bonchev–Trinajstić information content (AvgIpc) is 2.28. The molecule has 0 saturated heterocycles. The molecule has 16 heavy (non-hydrogen) atoms. The number of pyridine rings is 1. The molecule has 1 aromatic heterocycles. The van der Waals surface area contributed by atoms with Gasteiger partial charge in [-0.1, -0.05) is 29.8 Å². The average molecular weight is 297 g/mol. The number of rotatable bonds is 3. The Morgan fingerprint density at radius 2 is 2.00 bits per heavy atom. The van der Waals surface area contributed by atoms with E-state index >= 15 is 0 Å². The Kier molecular flexibility index (Phi) is 3.97. The Morgan fingerprint density at radius 1 is 1.12 bits per heavy atom. The van der Waals surface area contributed by atoms with Crippen molar-refractivity contribution in [3.05, 3.63) is 63.3 Å². The highest BCUT2D eigenvalue weighted by molar-refractivity contribution is 9.10. The van der Waals surface area contributed by atoms with Gasteiger partial charge in [-0.25, -0.2) is 4.98 Å². The van der Waals surface area contributed by atoms with Gasteiger partial charge in [-0.15, -0.1) is 0 Å². The van der Waals surface area contributed by atoms with Crippen LogP contribution < -0.4 is 0 Å². The van der Waals surface area contributed by atoms with Crippen LogP contribution in [0.15, 0.2) is 47.2 Å². The van der Waals surface area contributed by atoms with Gasteiger partial charge < -0.3 is 0 Å². The number of halogens is 2. The molecule has 82 valence electrons. The summed E-state index contributed by atoms with van der Waals surface area (Å²) in [6.45, 7) is 0. The molecule has 0 amide bonds. The van der Waals surface area contributed by atoms with Gasteiger partial charge in [0.1, 0.15) is 4.60 Å². The van der Waals surface area contributed by atoms with Gasteiger partial charge in [0.15, 0.2) is 0 Å². The van der Waals surface area contributed by atoms with Gasteiger partial charge in [0.2, 0.25) is 0 Å². The standard InChI is InChI=1S/C13H11BrClN/c14-13-11(4-2-8-16-13)7-6-10-3-1-5-12(15)9-10/h1-5,8-9H,6-7H2. The second-order valence-corrected chi connectivity index (χ2v) is 4.77. The van der Waals surface area contributed by atoms with Crippen molar-refractivity contribution in [3.8, 4) is 0 Å². The number of aromatic nitrogens is 1. The topological polar surface area (TPSA) is 12.9 Å². The second kappa shape index (κ2) is 5.46. The largest absolute Gasteiger partial charge is 0.249 e. The Labute approximate surface area is 109 Å². The van der Waals surface area contributed by atoms with E-state index in [-0.39, 0.29) is 0 Å². The Bertz CT molecular complexity index is 485. The van der Waals surface area contributed by atoms with Crippen LogP contribution >= 0.6 is 27.5 Å². The van der Waals surface area contributed by atoms with E-state index in [2.05, 4.69) is 33.0 Å². The van der Waals surface area contributed by atoms with Crippen LogP contribution in [-0.4, -0.2) is 4.98 Å². The third-order valence-electron chi connectivity index (χ3n) is 2.41. The molecule has 0 aliphatic heterocycles. The third-order valence-corrected chi connectivity index (χ3v) is 3.36. The summed E-state index contributed by atoms with van der Waals surface area (Å²) in [4.78, 5) is 4.20. The first-order chi connectivity index (χ1) is 7.75. The summed E-state index contributed by atoms with van der Waals surface area (Å²) in [7, 11) is 0. The fourth-order valence-corrected chi connectivity index (χ4v) is 2.24. The van der Waals surface area contributed by atoms with E-state index < -0.39 is 0 Å². The zero-order valence-corrected chi connectivity index (χ0v) is 11.0. The van der Waals surface area contributed by atoms with E-state index in [9.17, 15) is 0 Å². The lowest BCUT2D eigenvalue weighted by Gasteiger charge is -2.04. The quantitative estimate of drug-likeness (QED) is 0.770. The molecular formula is C13H11BrClN. The lowest BCUT2D eigenvalue weighted by molar-refractivity contribution is 0.940. The molecule has 3 heteroatoms. The summed E-state index contributed by atoms with van der Waals surface area (Å²) in [5.41, 5.74) is 2.48. The number of hydrogen-bond donors (Lipinski definition) is 0. The first kappa shape index (κ1) is 11.6. The van der Waals surface area contributed by atoms with Crippen LogP contribution in [0.2, 0.25) is 5.02 Å². The minimum absolute atomic E-state index is 0.794. The lowest BCUT2D eigenvalue weighted by atomic mass is 10.1. The predicted octanol–water partition coefficient (Wildman–Crippen LogP) is 4.28. The summed E-state index contributed by atoms with van der Waals surface area (Å²) < 4.78 is 0.928. The van der Waals surface area contributed by atoms with E-state index in [0.29, 0.717) is 0 Å². The van der Waals surface area contributed by atoms with E-state index in [1.54, 1.807) is 6.20 Å². The monoisotopic (exact) mass is 295 g/mol. The summed E-state index contributed by atoms with van der Waals surface area (Å²) in [6, 6.07) is 12.0. The molecule has 1 nitrogen and oxygen atoms in total. The van der Waals surface area contributed by atoms with Gasteiger partial charge >= 0.3 is 0 Å². The fourth-order valence-electron chi connectivity index (χ4n) is 1.58. The van der Waals surface area contributed by atoms with Gasteiger partial charge in [0, 0.05) is 11.2 Å². The van der Waals surface area contributed by atoms with Gasteiger partial charge in [-0.3, -0.25) is 0 Å². The van der Waals surface area contributed by atoms with Crippen molar-refractivity contribution in [2.75, 3.05) is 0 Å².